The Kier molecular flexibility index (Phi) is 3.20. The van der Waals surface area contributed by atoms with Crippen LogP contribution < -0.4 is 5.73 Å². The third-order valence-corrected chi connectivity index (χ3v) is 1.88. The normalized spacial score (nSPS) is 11.8. The highest BCUT2D eigenvalue weighted by atomic mass is 19.1. The molecule has 0 atom stereocenters. The molecule has 0 saturated carbocycles. The fourth-order valence-electron chi connectivity index (χ4n) is 1.10. The van der Waals surface area contributed by atoms with Crippen molar-refractivity contribution in [3.8, 4) is 0 Å². The number of hydrogen-bond acceptors (Lipinski definition) is 1. The molecule has 0 bridgehead atoms. The van der Waals surface area contributed by atoms with Crippen molar-refractivity contribution in [3.05, 3.63) is 40.7 Å². The minimum atomic E-state index is -0.196. The Morgan fingerprint density at radius 3 is 2.85 bits per heavy atom. The largest absolute Gasteiger partial charge is 0.327 e. The van der Waals surface area contributed by atoms with Crippen molar-refractivity contribution in [2.24, 2.45) is 5.73 Å². The molecule has 0 aliphatic carbocycles. The van der Waals surface area contributed by atoms with Gasteiger partial charge in [-0.1, -0.05) is 23.3 Å². The molecule has 2 heteroatoms. The van der Waals surface area contributed by atoms with Gasteiger partial charge in [0.15, 0.2) is 0 Å². The minimum Gasteiger partial charge on any atom is -0.327 e. The van der Waals surface area contributed by atoms with E-state index in [2.05, 4.69) is 0 Å². The quantitative estimate of drug-likeness (QED) is 0.741. The number of hydrogen-bond donors (Lipinski definition) is 1. The predicted octanol–water partition coefficient (Wildman–Crippen LogP) is 2.50. The minimum absolute atomic E-state index is 0.196. The van der Waals surface area contributed by atoms with Crippen LogP contribution in [0.5, 0.6) is 0 Å². The first-order chi connectivity index (χ1) is 6.13. The SMILES string of the molecule is C/C(=C/c1cc(C)ccc1F)CN. The van der Waals surface area contributed by atoms with Gasteiger partial charge in [0.1, 0.15) is 5.82 Å². The standard InChI is InChI=1S/C11H14FN/c1-8-3-4-11(12)10(5-8)6-9(2)7-13/h3-6H,7,13H2,1-2H3/b9-6-. The average Bonchev–Trinajstić information content (AvgIpc) is 2.11. The number of benzene rings is 1. The molecule has 0 spiro atoms. The van der Waals surface area contributed by atoms with Gasteiger partial charge < -0.3 is 5.73 Å². The second-order valence-electron chi connectivity index (χ2n) is 3.22. The van der Waals surface area contributed by atoms with Crippen molar-refractivity contribution in [1.82, 2.24) is 0 Å². The van der Waals surface area contributed by atoms with Crippen molar-refractivity contribution in [1.29, 1.82) is 0 Å². The molecule has 0 saturated heterocycles. The van der Waals surface area contributed by atoms with Crippen LogP contribution in [0, 0.1) is 12.7 Å². The second kappa shape index (κ2) is 4.19. The molecule has 1 rings (SSSR count). The summed E-state index contributed by atoms with van der Waals surface area (Å²) in [5, 5.41) is 0. The zero-order valence-electron chi connectivity index (χ0n) is 7.97. The monoisotopic (exact) mass is 179 g/mol. The molecule has 0 fully saturated rings. The summed E-state index contributed by atoms with van der Waals surface area (Å²) in [6.07, 6.45) is 1.78. The molecule has 0 aliphatic heterocycles. The summed E-state index contributed by atoms with van der Waals surface area (Å²) in [6.45, 7) is 4.30. The molecule has 2 N–H and O–H groups in total. The summed E-state index contributed by atoms with van der Waals surface area (Å²) in [5.41, 5.74) is 8.06. The first kappa shape index (κ1) is 9.93. The van der Waals surface area contributed by atoms with Gasteiger partial charge in [-0.25, -0.2) is 4.39 Å². The Balaban J connectivity index is 3.07. The van der Waals surface area contributed by atoms with Crippen LogP contribution in [-0.4, -0.2) is 6.54 Å². The van der Waals surface area contributed by atoms with Crippen molar-refractivity contribution < 1.29 is 4.39 Å². The number of nitrogens with two attached hydrogens (primary N) is 1. The van der Waals surface area contributed by atoms with E-state index in [1.54, 1.807) is 12.1 Å². The van der Waals surface area contributed by atoms with E-state index < -0.39 is 0 Å². The van der Waals surface area contributed by atoms with Gasteiger partial charge in [0.25, 0.3) is 0 Å². The van der Waals surface area contributed by atoms with E-state index in [1.165, 1.54) is 6.07 Å². The van der Waals surface area contributed by atoms with Gasteiger partial charge in [0, 0.05) is 12.1 Å². The van der Waals surface area contributed by atoms with Gasteiger partial charge in [-0.2, -0.15) is 0 Å². The van der Waals surface area contributed by atoms with Crippen LogP contribution in [0.4, 0.5) is 4.39 Å². The van der Waals surface area contributed by atoms with Crippen LogP contribution in [-0.2, 0) is 0 Å². The first-order valence-corrected chi connectivity index (χ1v) is 4.27. The fourth-order valence-corrected chi connectivity index (χ4v) is 1.10. The van der Waals surface area contributed by atoms with E-state index >= 15 is 0 Å². The molecular weight excluding hydrogens is 165 g/mol. The number of halogens is 1. The maximum atomic E-state index is 13.2. The molecule has 1 aromatic rings. The molecular formula is C11H14FN. The van der Waals surface area contributed by atoms with Gasteiger partial charge >= 0.3 is 0 Å². The third-order valence-electron chi connectivity index (χ3n) is 1.88. The molecule has 13 heavy (non-hydrogen) atoms. The van der Waals surface area contributed by atoms with E-state index in [-0.39, 0.29) is 5.82 Å². The van der Waals surface area contributed by atoms with Crippen LogP contribution >= 0.6 is 0 Å². The van der Waals surface area contributed by atoms with Crippen LogP contribution in [0.15, 0.2) is 23.8 Å². The lowest BCUT2D eigenvalue weighted by Crippen LogP contribution is -1.99. The van der Waals surface area contributed by atoms with E-state index in [0.717, 1.165) is 11.1 Å². The molecule has 1 nitrogen and oxygen atoms in total. The molecule has 0 aliphatic rings. The zero-order valence-corrected chi connectivity index (χ0v) is 7.97. The van der Waals surface area contributed by atoms with E-state index in [1.807, 2.05) is 19.9 Å². The maximum Gasteiger partial charge on any atom is 0.130 e. The average molecular weight is 179 g/mol. The lowest BCUT2D eigenvalue weighted by Gasteiger charge is -2.00. The van der Waals surface area contributed by atoms with Crippen LogP contribution in [0.3, 0.4) is 0 Å². The van der Waals surface area contributed by atoms with Crippen LogP contribution in [0.25, 0.3) is 6.08 Å². The zero-order chi connectivity index (χ0) is 9.84. The van der Waals surface area contributed by atoms with Gasteiger partial charge in [0.2, 0.25) is 0 Å². The summed E-state index contributed by atoms with van der Waals surface area (Å²) in [4.78, 5) is 0. The van der Waals surface area contributed by atoms with E-state index in [4.69, 9.17) is 5.73 Å². The Bertz CT molecular complexity index is 329. The Morgan fingerprint density at radius 2 is 2.23 bits per heavy atom. The maximum absolute atomic E-state index is 13.2. The molecule has 1 aromatic carbocycles. The topological polar surface area (TPSA) is 26.0 Å². The van der Waals surface area contributed by atoms with E-state index in [9.17, 15) is 4.39 Å². The summed E-state index contributed by atoms with van der Waals surface area (Å²) < 4.78 is 13.2. The third kappa shape index (κ3) is 2.67. The van der Waals surface area contributed by atoms with Crippen molar-refractivity contribution in [2.45, 2.75) is 13.8 Å². The summed E-state index contributed by atoms with van der Waals surface area (Å²) >= 11 is 0. The Morgan fingerprint density at radius 1 is 1.54 bits per heavy atom. The summed E-state index contributed by atoms with van der Waals surface area (Å²) in [6, 6.07) is 5.05. The molecule has 0 radical (unpaired) electrons. The van der Waals surface area contributed by atoms with Crippen LogP contribution in [0.2, 0.25) is 0 Å². The highest BCUT2D eigenvalue weighted by molar-refractivity contribution is 5.54. The summed E-state index contributed by atoms with van der Waals surface area (Å²) in [5.74, 6) is -0.196. The van der Waals surface area contributed by atoms with Crippen molar-refractivity contribution in [3.63, 3.8) is 0 Å². The van der Waals surface area contributed by atoms with Crippen molar-refractivity contribution in [2.75, 3.05) is 6.54 Å². The highest BCUT2D eigenvalue weighted by Gasteiger charge is 1.98. The van der Waals surface area contributed by atoms with E-state index in [0.29, 0.717) is 12.1 Å². The molecule has 0 heterocycles. The summed E-state index contributed by atoms with van der Waals surface area (Å²) in [7, 11) is 0. The Hall–Kier alpha value is -1.15. The lowest BCUT2D eigenvalue weighted by atomic mass is 10.1. The van der Waals surface area contributed by atoms with Gasteiger partial charge in [0.05, 0.1) is 0 Å². The molecule has 0 amide bonds. The fraction of sp³-hybridized carbons (Fsp3) is 0.273. The number of aryl methyl sites for hydroxylation is 1. The Labute approximate surface area is 78.1 Å². The van der Waals surface area contributed by atoms with Gasteiger partial charge in [-0.05, 0) is 26.0 Å². The van der Waals surface area contributed by atoms with Gasteiger partial charge in [-0.3, -0.25) is 0 Å². The van der Waals surface area contributed by atoms with Crippen LogP contribution in [0.1, 0.15) is 18.1 Å². The number of rotatable bonds is 2. The highest BCUT2D eigenvalue weighted by Crippen LogP contribution is 2.13. The first-order valence-electron chi connectivity index (χ1n) is 4.27. The van der Waals surface area contributed by atoms with Crippen molar-refractivity contribution >= 4 is 6.08 Å². The molecule has 0 unspecified atom stereocenters. The molecule has 0 aromatic heterocycles. The van der Waals surface area contributed by atoms with Gasteiger partial charge in [-0.15, -0.1) is 0 Å². The smallest absolute Gasteiger partial charge is 0.130 e. The predicted molar refractivity (Wildman–Crippen MR) is 53.8 cm³/mol. The lowest BCUT2D eigenvalue weighted by molar-refractivity contribution is 0.624. The molecule has 70 valence electrons. The second-order valence-corrected chi connectivity index (χ2v) is 3.22.